The Balaban J connectivity index is 0.000000163. The van der Waals surface area contributed by atoms with Gasteiger partial charge in [0.25, 0.3) is 0 Å². The summed E-state index contributed by atoms with van der Waals surface area (Å²) < 4.78 is 12.0. The Labute approximate surface area is 302 Å². The summed E-state index contributed by atoms with van der Waals surface area (Å²) in [5, 5.41) is 7.19. The van der Waals surface area contributed by atoms with Gasteiger partial charge in [-0.15, -0.1) is 0 Å². The summed E-state index contributed by atoms with van der Waals surface area (Å²) in [7, 11) is 0. The van der Waals surface area contributed by atoms with Crippen molar-refractivity contribution in [1.82, 2.24) is 29.9 Å². The van der Waals surface area contributed by atoms with Crippen LogP contribution in [0.4, 0.5) is 23.3 Å². The average molecular weight is 804 g/mol. The van der Waals surface area contributed by atoms with Crippen LogP contribution in [0.15, 0.2) is 36.9 Å². The molecule has 4 aromatic heterocycles. The molecule has 0 spiro atoms. The Morgan fingerprint density at radius 2 is 1.33 bits per heavy atom. The fourth-order valence-corrected chi connectivity index (χ4v) is 9.41. The van der Waals surface area contributed by atoms with E-state index in [4.69, 9.17) is 19.4 Å². The number of carbonyl (C=O) groups is 2. The monoisotopic (exact) mass is 804 g/mol. The summed E-state index contributed by atoms with van der Waals surface area (Å²) >= 11 is -2.31. The van der Waals surface area contributed by atoms with Crippen LogP contribution in [0.3, 0.4) is 0 Å². The molecular formula is C36H48N10O4Sn. The maximum atomic E-state index is 12.6. The van der Waals surface area contributed by atoms with E-state index in [9.17, 15) is 9.59 Å². The Morgan fingerprint density at radius 3 is 1.92 bits per heavy atom. The van der Waals surface area contributed by atoms with Gasteiger partial charge in [0, 0.05) is 43.1 Å². The zero-order chi connectivity index (χ0) is 35.4. The SMILES string of the molecule is O=C1CNc2ncc(-c3cnc4[nH]ccc4c3)nc2N1CCC1CCOCC1.[CH3][Sn]([CH3])([CH3])[c]1cnc2c(n1)N(CCC1CCOCC1)C(=O)CN2. The van der Waals surface area contributed by atoms with Crippen LogP contribution in [0.5, 0.6) is 0 Å². The van der Waals surface area contributed by atoms with Gasteiger partial charge >= 0.3 is 142 Å². The summed E-state index contributed by atoms with van der Waals surface area (Å²) in [6, 6.07) is 4.00. The number of H-pyrrole nitrogens is 1. The van der Waals surface area contributed by atoms with Crippen LogP contribution in [0.2, 0.25) is 14.8 Å². The fourth-order valence-electron chi connectivity index (χ4n) is 6.87. The number of carbonyl (C=O) groups excluding carboxylic acids is 2. The van der Waals surface area contributed by atoms with Crippen molar-refractivity contribution in [3.8, 4) is 11.3 Å². The number of anilines is 4. The molecule has 15 heteroatoms. The second-order valence-electron chi connectivity index (χ2n) is 14.7. The van der Waals surface area contributed by atoms with Gasteiger partial charge in [0.05, 0.1) is 18.4 Å². The summed E-state index contributed by atoms with van der Waals surface area (Å²) in [5.74, 6) is 4.11. The molecule has 4 aromatic rings. The van der Waals surface area contributed by atoms with Gasteiger partial charge in [-0.2, -0.15) is 0 Å². The van der Waals surface area contributed by atoms with Gasteiger partial charge < -0.3 is 15.0 Å². The van der Waals surface area contributed by atoms with Crippen LogP contribution < -0.4 is 24.1 Å². The number of rotatable bonds is 8. The Morgan fingerprint density at radius 1 is 0.765 bits per heavy atom. The van der Waals surface area contributed by atoms with Crippen molar-refractivity contribution >= 4 is 68.2 Å². The van der Waals surface area contributed by atoms with Gasteiger partial charge in [-0.05, 0) is 37.3 Å². The predicted molar refractivity (Wildman–Crippen MR) is 200 cm³/mol. The Hall–Kier alpha value is -3.89. The molecule has 51 heavy (non-hydrogen) atoms. The molecule has 2 fully saturated rings. The fraction of sp³-hybridized carbons (Fsp3) is 0.528. The maximum absolute atomic E-state index is 12.6. The van der Waals surface area contributed by atoms with Gasteiger partial charge in [0.1, 0.15) is 5.65 Å². The summed E-state index contributed by atoms with van der Waals surface area (Å²) in [6.45, 7) is 5.28. The van der Waals surface area contributed by atoms with E-state index >= 15 is 0 Å². The van der Waals surface area contributed by atoms with Crippen LogP contribution in [0, 0.1) is 11.8 Å². The first kappa shape index (κ1) is 35.5. The molecule has 2 saturated heterocycles. The number of nitrogens with one attached hydrogen (secondary N) is 3. The number of nitrogens with zero attached hydrogens (tertiary/aromatic N) is 7. The summed E-state index contributed by atoms with van der Waals surface area (Å²) in [4.78, 5) is 61.7. The number of hydrogen-bond donors (Lipinski definition) is 3. The molecule has 270 valence electrons. The van der Waals surface area contributed by atoms with Gasteiger partial charge in [0.2, 0.25) is 5.91 Å². The molecule has 8 heterocycles. The van der Waals surface area contributed by atoms with Crippen molar-refractivity contribution < 1.29 is 19.1 Å². The molecule has 4 aliphatic rings. The zero-order valence-electron chi connectivity index (χ0n) is 29.8. The molecule has 0 bridgehead atoms. The molecule has 0 atom stereocenters. The third kappa shape index (κ3) is 8.44. The van der Waals surface area contributed by atoms with E-state index in [0.717, 1.165) is 103 Å². The minimum atomic E-state index is -2.31. The van der Waals surface area contributed by atoms with Crippen molar-refractivity contribution in [2.75, 3.05) is 73.0 Å². The van der Waals surface area contributed by atoms with E-state index in [2.05, 4.69) is 45.4 Å². The van der Waals surface area contributed by atoms with Gasteiger partial charge in [-0.3, -0.25) is 9.69 Å². The van der Waals surface area contributed by atoms with Crippen LogP contribution in [0.1, 0.15) is 38.5 Å². The molecule has 0 unspecified atom stereocenters. The molecule has 4 aliphatic heterocycles. The van der Waals surface area contributed by atoms with Crippen molar-refractivity contribution in [2.24, 2.45) is 11.8 Å². The molecule has 0 saturated carbocycles. The zero-order valence-corrected chi connectivity index (χ0v) is 32.6. The number of aromatic amines is 1. The molecule has 0 radical (unpaired) electrons. The second kappa shape index (κ2) is 15.8. The van der Waals surface area contributed by atoms with Crippen LogP contribution in [0.25, 0.3) is 22.3 Å². The topological polar surface area (TPSA) is 163 Å². The quantitative estimate of drug-likeness (QED) is 0.219. The molecule has 3 N–H and O–H groups in total. The summed E-state index contributed by atoms with van der Waals surface area (Å²) in [6.07, 6.45) is 13.5. The van der Waals surface area contributed by atoms with E-state index in [1.165, 1.54) is 0 Å². The van der Waals surface area contributed by atoms with Crippen molar-refractivity contribution in [1.29, 1.82) is 0 Å². The van der Waals surface area contributed by atoms with E-state index < -0.39 is 18.4 Å². The van der Waals surface area contributed by atoms with Crippen LogP contribution in [-0.2, 0) is 19.1 Å². The number of pyridine rings is 1. The second-order valence-corrected chi connectivity index (χ2v) is 29.0. The van der Waals surface area contributed by atoms with E-state index in [1.54, 1.807) is 17.3 Å². The Kier molecular flexibility index (Phi) is 11.0. The van der Waals surface area contributed by atoms with Gasteiger partial charge in [-0.1, -0.05) is 0 Å². The first-order valence-corrected chi connectivity index (χ1v) is 28.1. The third-order valence-electron chi connectivity index (χ3n) is 10.1. The minimum absolute atomic E-state index is 0.0326. The van der Waals surface area contributed by atoms with Gasteiger partial charge in [0.15, 0.2) is 11.6 Å². The first-order chi connectivity index (χ1) is 24.7. The standard InChI is InChI=1S/C20H22N6O2.C13H17N4O2.3CH3.Sn/c27-17-12-24-19-20(26(17)6-2-13-3-7-28-8-4-13)25-16(11-23-19)15-9-14-1-5-21-18(14)22-10-15;18-11-9-16-12-13(15-5-4-14-12)17(11)6-1-10-2-7-19-8-3-10;;;;/h1,5,9-11,13H,2-4,6-8,12H2,(H,21,22)(H,23,24);4,10H,1-3,6-9H2,(H,14,16);3*1H3;. The van der Waals surface area contributed by atoms with Crippen LogP contribution in [-0.4, -0.2) is 113 Å². The van der Waals surface area contributed by atoms with E-state index in [1.807, 2.05) is 29.4 Å². The van der Waals surface area contributed by atoms with E-state index in [0.29, 0.717) is 42.3 Å². The molecule has 14 nitrogen and oxygen atoms in total. The normalized spacial score (nSPS) is 18.4. The van der Waals surface area contributed by atoms with Crippen molar-refractivity contribution in [3.05, 3.63) is 36.9 Å². The number of hydrogen-bond acceptors (Lipinski definition) is 11. The van der Waals surface area contributed by atoms with E-state index in [-0.39, 0.29) is 18.4 Å². The first-order valence-electron chi connectivity index (χ1n) is 18.1. The molecular weight excluding hydrogens is 755 g/mol. The number of fused-ring (bicyclic) bond motifs is 3. The average Bonchev–Trinajstić information content (AvgIpc) is 3.63. The number of amides is 2. The molecule has 8 rings (SSSR count). The molecule has 0 aliphatic carbocycles. The summed E-state index contributed by atoms with van der Waals surface area (Å²) in [5.41, 5.74) is 2.43. The molecule has 2 amide bonds. The van der Waals surface area contributed by atoms with Gasteiger partial charge in [-0.25, -0.2) is 15.0 Å². The number of aromatic nitrogens is 6. The van der Waals surface area contributed by atoms with Crippen molar-refractivity contribution in [3.63, 3.8) is 0 Å². The predicted octanol–water partition coefficient (Wildman–Crippen LogP) is 4.19. The van der Waals surface area contributed by atoms with Crippen molar-refractivity contribution in [2.45, 2.75) is 53.3 Å². The number of ether oxygens (including phenoxy) is 2. The third-order valence-corrected chi connectivity index (χ3v) is 15.2. The van der Waals surface area contributed by atoms with Crippen LogP contribution >= 0.6 is 0 Å². The Bertz CT molecular complexity index is 1850. The molecule has 0 aromatic carbocycles.